The van der Waals surface area contributed by atoms with Gasteiger partial charge in [0.05, 0.1) is 19.3 Å². The van der Waals surface area contributed by atoms with Crippen LogP contribution in [0.25, 0.3) is 0 Å². The molecule has 0 aromatic rings. The van der Waals surface area contributed by atoms with Crippen LogP contribution in [0.15, 0.2) is 0 Å². The first-order chi connectivity index (χ1) is 8.43. The number of Topliss-reactive ketones (excluding diaryl/α,β-unsaturated/α-hetero) is 1. The fourth-order valence-electron chi connectivity index (χ4n) is 1.92. The van der Waals surface area contributed by atoms with Crippen molar-refractivity contribution in [1.29, 1.82) is 0 Å². The number of nitrogens with one attached hydrogen (secondary N) is 1. The number of nitrogens with zero attached hydrogens (tertiary/aromatic N) is 1. The van der Waals surface area contributed by atoms with Gasteiger partial charge in [0.1, 0.15) is 0 Å². The van der Waals surface area contributed by atoms with Gasteiger partial charge >= 0.3 is 6.03 Å². The van der Waals surface area contributed by atoms with Crippen molar-refractivity contribution in [2.45, 2.75) is 33.7 Å². The van der Waals surface area contributed by atoms with Gasteiger partial charge in [-0.25, -0.2) is 4.79 Å². The molecule has 0 bridgehead atoms. The van der Waals surface area contributed by atoms with Gasteiger partial charge in [-0.1, -0.05) is 27.7 Å². The lowest BCUT2D eigenvalue weighted by Gasteiger charge is -2.30. The van der Waals surface area contributed by atoms with Crippen LogP contribution in [0.3, 0.4) is 0 Å². The third-order valence-electron chi connectivity index (χ3n) is 3.12. The quantitative estimate of drug-likeness (QED) is 0.824. The third-order valence-corrected chi connectivity index (χ3v) is 3.12. The van der Waals surface area contributed by atoms with E-state index in [9.17, 15) is 9.59 Å². The second-order valence-electron chi connectivity index (χ2n) is 5.33. The Kier molecular flexibility index (Phi) is 5.59. The van der Waals surface area contributed by atoms with E-state index in [2.05, 4.69) is 5.32 Å². The molecule has 5 heteroatoms. The van der Waals surface area contributed by atoms with E-state index in [1.165, 1.54) is 0 Å². The second-order valence-corrected chi connectivity index (χ2v) is 5.33. The summed E-state index contributed by atoms with van der Waals surface area (Å²) < 4.78 is 5.20. The molecule has 1 saturated heterocycles. The molecule has 0 aliphatic carbocycles. The molecule has 0 aromatic heterocycles. The van der Waals surface area contributed by atoms with Crippen molar-refractivity contribution in [1.82, 2.24) is 10.2 Å². The van der Waals surface area contributed by atoms with Crippen molar-refractivity contribution >= 4 is 11.8 Å². The molecule has 1 aliphatic heterocycles. The van der Waals surface area contributed by atoms with Gasteiger partial charge in [-0.15, -0.1) is 0 Å². The van der Waals surface area contributed by atoms with Crippen molar-refractivity contribution < 1.29 is 14.3 Å². The Bertz CT molecular complexity index is 297. The lowest BCUT2D eigenvalue weighted by molar-refractivity contribution is -0.124. The molecule has 104 valence electrons. The number of hydrogen-bond acceptors (Lipinski definition) is 3. The Morgan fingerprint density at radius 2 is 1.67 bits per heavy atom. The SMILES string of the molecule is CC(C)C(=O)[C@@H](NC(=O)N1CCOCC1)C(C)C. The van der Waals surface area contributed by atoms with Crippen LogP contribution in [-0.4, -0.2) is 49.1 Å². The number of carbonyl (C=O) groups is 2. The summed E-state index contributed by atoms with van der Waals surface area (Å²) in [4.78, 5) is 25.8. The van der Waals surface area contributed by atoms with E-state index in [1.807, 2.05) is 27.7 Å². The number of morpholine rings is 1. The molecule has 0 spiro atoms. The molecule has 1 heterocycles. The Hall–Kier alpha value is -1.10. The number of hydrogen-bond donors (Lipinski definition) is 1. The van der Waals surface area contributed by atoms with Crippen LogP contribution in [0.5, 0.6) is 0 Å². The highest BCUT2D eigenvalue weighted by atomic mass is 16.5. The molecule has 0 aromatic carbocycles. The average molecular weight is 256 g/mol. The van der Waals surface area contributed by atoms with Crippen molar-refractivity contribution in [2.75, 3.05) is 26.3 Å². The van der Waals surface area contributed by atoms with Gasteiger partial charge in [0.15, 0.2) is 5.78 Å². The van der Waals surface area contributed by atoms with Gasteiger partial charge in [-0.3, -0.25) is 4.79 Å². The summed E-state index contributed by atoms with van der Waals surface area (Å²) in [5.41, 5.74) is 0. The maximum atomic E-state index is 12.0. The maximum absolute atomic E-state index is 12.0. The number of ketones is 1. The van der Waals surface area contributed by atoms with E-state index >= 15 is 0 Å². The van der Waals surface area contributed by atoms with Gasteiger partial charge in [0, 0.05) is 19.0 Å². The summed E-state index contributed by atoms with van der Waals surface area (Å²) in [6.07, 6.45) is 0. The van der Waals surface area contributed by atoms with E-state index in [-0.39, 0.29) is 23.7 Å². The molecular weight excluding hydrogens is 232 g/mol. The van der Waals surface area contributed by atoms with Crippen molar-refractivity contribution in [3.8, 4) is 0 Å². The summed E-state index contributed by atoms with van der Waals surface area (Å²) in [6.45, 7) is 9.93. The molecule has 1 rings (SSSR count). The fourth-order valence-corrected chi connectivity index (χ4v) is 1.92. The molecular formula is C13H24N2O3. The molecule has 0 saturated carbocycles. The summed E-state index contributed by atoms with van der Waals surface area (Å²) in [5, 5.41) is 2.85. The first-order valence-corrected chi connectivity index (χ1v) is 6.60. The largest absolute Gasteiger partial charge is 0.378 e. The Balaban J connectivity index is 2.60. The van der Waals surface area contributed by atoms with Gasteiger partial charge in [0.2, 0.25) is 0 Å². The van der Waals surface area contributed by atoms with Crippen LogP contribution < -0.4 is 5.32 Å². The number of rotatable bonds is 4. The van der Waals surface area contributed by atoms with Crippen molar-refractivity contribution in [3.05, 3.63) is 0 Å². The monoisotopic (exact) mass is 256 g/mol. The Labute approximate surface area is 109 Å². The molecule has 1 aliphatic rings. The highest BCUT2D eigenvalue weighted by Crippen LogP contribution is 2.10. The molecule has 18 heavy (non-hydrogen) atoms. The highest BCUT2D eigenvalue weighted by molar-refractivity contribution is 5.90. The number of carbonyl (C=O) groups excluding carboxylic acids is 2. The molecule has 2 amide bonds. The lowest BCUT2D eigenvalue weighted by atomic mass is 9.93. The summed E-state index contributed by atoms with van der Waals surface area (Å²) in [7, 11) is 0. The van der Waals surface area contributed by atoms with E-state index in [0.717, 1.165) is 0 Å². The zero-order valence-electron chi connectivity index (χ0n) is 11.7. The standard InChI is InChI=1S/C13H24N2O3/c1-9(2)11(12(16)10(3)4)14-13(17)15-5-7-18-8-6-15/h9-11H,5-8H2,1-4H3,(H,14,17)/t11-/m0/s1. The molecule has 0 radical (unpaired) electrons. The molecule has 1 fully saturated rings. The Morgan fingerprint density at radius 3 is 2.11 bits per heavy atom. The average Bonchev–Trinajstić information content (AvgIpc) is 2.35. The summed E-state index contributed by atoms with van der Waals surface area (Å²) in [6, 6.07) is -0.564. The van der Waals surface area contributed by atoms with E-state index in [4.69, 9.17) is 4.74 Å². The van der Waals surface area contributed by atoms with Gasteiger partial charge in [-0.2, -0.15) is 0 Å². The van der Waals surface area contributed by atoms with Crippen LogP contribution >= 0.6 is 0 Å². The predicted molar refractivity (Wildman–Crippen MR) is 69.4 cm³/mol. The van der Waals surface area contributed by atoms with E-state index in [0.29, 0.717) is 26.3 Å². The third kappa shape index (κ3) is 3.98. The minimum Gasteiger partial charge on any atom is -0.378 e. The van der Waals surface area contributed by atoms with Crippen molar-refractivity contribution in [3.63, 3.8) is 0 Å². The minimum atomic E-state index is -0.402. The van der Waals surface area contributed by atoms with Crippen LogP contribution in [0.2, 0.25) is 0 Å². The normalized spacial score (nSPS) is 18.0. The van der Waals surface area contributed by atoms with E-state index in [1.54, 1.807) is 4.90 Å². The van der Waals surface area contributed by atoms with Crippen LogP contribution in [0.1, 0.15) is 27.7 Å². The van der Waals surface area contributed by atoms with Gasteiger partial charge in [-0.05, 0) is 5.92 Å². The summed E-state index contributed by atoms with van der Waals surface area (Å²) >= 11 is 0. The Morgan fingerprint density at radius 1 is 1.11 bits per heavy atom. The summed E-state index contributed by atoms with van der Waals surface area (Å²) in [5.74, 6) is 0.124. The zero-order chi connectivity index (χ0) is 13.7. The first-order valence-electron chi connectivity index (χ1n) is 6.60. The van der Waals surface area contributed by atoms with Gasteiger partial charge in [0.25, 0.3) is 0 Å². The number of urea groups is 1. The smallest absolute Gasteiger partial charge is 0.318 e. The van der Waals surface area contributed by atoms with Gasteiger partial charge < -0.3 is 15.0 Å². The number of ether oxygens (including phenoxy) is 1. The number of amides is 2. The maximum Gasteiger partial charge on any atom is 0.318 e. The topological polar surface area (TPSA) is 58.6 Å². The van der Waals surface area contributed by atoms with E-state index < -0.39 is 6.04 Å². The molecule has 1 atom stereocenters. The molecule has 0 unspecified atom stereocenters. The zero-order valence-corrected chi connectivity index (χ0v) is 11.7. The highest BCUT2D eigenvalue weighted by Gasteiger charge is 2.28. The van der Waals surface area contributed by atoms with Crippen LogP contribution in [0.4, 0.5) is 4.79 Å². The van der Waals surface area contributed by atoms with Crippen LogP contribution in [-0.2, 0) is 9.53 Å². The van der Waals surface area contributed by atoms with Crippen molar-refractivity contribution in [2.24, 2.45) is 11.8 Å². The first kappa shape index (κ1) is 15.0. The van der Waals surface area contributed by atoms with Crippen LogP contribution in [0, 0.1) is 11.8 Å². The lowest BCUT2D eigenvalue weighted by Crippen LogP contribution is -2.53. The second kappa shape index (κ2) is 6.73. The predicted octanol–water partition coefficient (Wildman–Crippen LogP) is 1.28. The fraction of sp³-hybridized carbons (Fsp3) is 0.846. The molecule has 1 N–H and O–H groups in total. The molecule has 5 nitrogen and oxygen atoms in total. The minimum absolute atomic E-state index is 0.0672.